The number of hydrogen-bond donors (Lipinski definition) is 2. The van der Waals surface area contributed by atoms with E-state index in [1.54, 1.807) is 29.6 Å². The average Bonchev–Trinajstić information content (AvgIpc) is 3.28. The standard InChI is InChI=1S/C21H20FN3O5S/c1-12(30-16-9-5-4-8-14(16)22)19(26)24-25-20(27)15-11-31-21(23-15)13-7-6-10-17(28-2)18(13)29-3/h4-12H,1-3H3,(H,24,26)(H,25,27). The molecule has 1 atom stereocenters. The Balaban J connectivity index is 1.63. The van der Waals surface area contributed by atoms with E-state index in [0.29, 0.717) is 22.1 Å². The van der Waals surface area contributed by atoms with Gasteiger partial charge in [-0.05, 0) is 31.2 Å². The zero-order valence-corrected chi connectivity index (χ0v) is 17.8. The first-order chi connectivity index (χ1) is 14.9. The van der Waals surface area contributed by atoms with Crippen LogP contribution in [0.3, 0.4) is 0 Å². The van der Waals surface area contributed by atoms with Gasteiger partial charge in [0.05, 0.1) is 19.8 Å². The van der Waals surface area contributed by atoms with Crippen LogP contribution in [0.25, 0.3) is 10.6 Å². The monoisotopic (exact) mass is 445 g/mol. The molecular formula is C21H20FN3O5S. The summed E-state index contributed by atoms with van der Waals surface area (Å²) in [6.07, 6.45) is -1.04. The highest BCUT2D eigenvalue weighted by Gasteiger charge is 2.20. The number of methoxy groups -OCH3 is 2. The van der Waals surface area contributed by atoms with Crippen molar-refractivity contribution >= 4 is 23.2 Å². The first-order valence-corrected chi connectivity index (χ1v) is 10.0. The number of aromatic nitrogens is 1. The molecule has 2 N–H and O–H groups in total. The van der Waals surface area contributed by atoms with Crippen LogP contribution in [0.4, 0.5) is 4.39 Å². The Morgan fingerprint density at radius 1 is 1.03 bits per heavy atom. The van der Waals surface area contributed by atoms with Gasteiger partial charge in [0.1, 0.15) is 10.7 Å². The second kappa shape index (κ2) is 9.90. The number of hydrogen-bond acceptors (Lipinski definition) is 7. The van der Waals surface area contributed by atoms with Gasteiger partial charge in [-0.15, -0.1) is 11.3 Å². The Bertz CT molecular complexity index is 1090. The van der Waals surface area contributed by atoms with Gasteiger partial charge in [-0.3, -0.25) is 20.4 Å². The number of carbonyl (C=O) groups is 2. The molecule has 3 aromatic rings. The molecule has 2 amide bonds. The largest absolute Gasteiger partial charge is 0.493 e. The van der Waals surface area contributed by atoms with Crippen LogP contribution >= 0.6 is 11.3 Å². The molecule has 0 aliphatic carbocycles. The molecule has 0 aliphatic rings. The normalized spacial score (nSPS) is 11.4. The molecule has 0 saturated heterocycles. The predicted molar refractivity (Wildman–Crippen MR) is 113 cm³/mol. The third-order valence-corrected chi connectivity index (χ3v) is 5.05. The summed E-state index contributed by atoms with van der Waals surface area (Å²) in [7, 11) is 3.05. The maximum Gasteiger partial charge on any atom is 0.289 e. The molecule has 3 rings (SSSR count). The van der Waals surface area contributed by atoms with E-state index in [-0.39, 0.29) is 11.4 Å². The van der Waals surface area contributed by atoms with Crippen LogP contribution in [0.5, 0.6) is 17.2 Å². The molecule has 31 heavy (non-hydrogen) atoms. The van der Waals surface area contributed by atoms with Gasteiger partial charge >= 0.3 is 0 Å². The third-order valence-electron chi connectivity index (χ3n) is 4.18. The summed E-state index contributed by atoms with van der Waals surface area (Å²) in [6.45, 7) is 1.43. The van der Waals surface area contributed by atoms with Gasteiger partial charge < -0.3 is 14.2 Å². The maximum absolute atomic E-state index is 13.6. The molecule has 2 aromatic carbocycles. The lowest BCUT2D eigenvalue weighted by atomic mass is 10.2. The van der Waals surface area contributed by atoms with Crippen LogP contribution in [0, 0.1) is 5.82 Å². The summed E-state index contributed by atoms with van der Waals surface area (Å²) in [6, 6.07) is 11.1. The van der Waals surface area contributed by atoms with E-state index in [0.717, 1.165) is 0 Å². The van der Waals surface area contributed by atoms with Crippen molar-refractivity contribution in [2.45, 2.75) is 13.0 Å². The van der Waals surface area contributed by atoms with Gasteiger partial charge in [0.15, 0.2) is 29.2 Å². The number of benzene rings is 2. The van der Waals surface area contributed by atoms with Gasteiger partial charge in [-0.2, -0.15) is 0 Å². The van der Waals surface area contributed by atoms with Crippen molar-refractivity contribution in [1.29, 1.82) is 0 Å². The van der Waals surface area contributed by atoms with Crippen LogP contribution in [0.15, 0.2) is 47.8 Å². The summed E-state index contributed by atoms with van der Waals surface area (Å²) in [5.41, 5.74) is 5.29. The SMILES string of the molecule is COc1cccc(-c2nc(C(=O)NNC(=O)C(C)Oc3ccccc3F)cs2)c1OC. The van der Waals surface area contributed by atoms with Crippen molar-refractivity contribution in [3.05, 3.63) is 59.4 Å². The molecule has 8 nitrogen and oxygen atoms in total. The van der Waals surface area contributed by atoms with Crippen LogP contribution in [0.1, 0.15) is 17.4 Å². The molecule has 1 unspecified atom stereocenters. The molecule has 1 heterocycles. The van der Waals surface area contributed by atoms with Crippen molar-refractivity contribution in [3.63, 3.8) is 0 Å². The fourth-order valence-electron chi connectivity index (χ4n) is 2.63. The van der Waals surface area contributed by atoms with Crippen LogP contribution < -0.4 is 25.1 Å². The number of carbonyl (C=O) groups excluding carboxylic acids is 2. The number of rotatable bonds is 7. The molecule has 0 aliphatic heterocycles. The minimum absolute atomic E-state index is 0.0622. The number of ether oxygens (including phenoxy) is 3. The Labute approximate surface area is 181 Å². The van der Waals surface area contributed by atoms with E-state index in [4.69, 9.17) is 14.2 Å². The number of para-hydroxylation sites is 2. The lowest BCUT2D eigenvalue weighted by Crippen LogP contribution is -2.47. The summed E-state index contributed by atoms with van der Waals surface area (Å²) in [4.78, 5) is 28.8. The first-order valence-electron chi connectivity index (χ1n) is 9.12. The molecule has 0 radical (unpaired) electrons. The zero-order valence-electron chi connectivity index (χ0n) is 17.0. The lowest BCUT2D eigenvalue weighted by molar-refractivity contribution is -0.128. The Morgan fingerprint density at radius 2 is 1.77 bits per heavy atom. The van der Waals surface area contributed by atoms with Gasteiger partial charge in [-0.1, -0.05) is 18.2 Å². The fourth-order valence-corrected chi connectivity index (χ4v) is 3.45. The Hall–Kier alpha value is -3.66. The number of nitrogens with zero attached hydrogens (tertiary/aromatic N) is 1. The van der Waals surface area contributed by atoms with E-state index >= 15 is 0 Å². The molecule has 0 bridgehead atoms. The minimum atomic E-state index is -1.04. The Morgan fingerprint density at radius 3 is 2.48 bits per heavy atom. The molecule has 0 spiro atoms. The molecular weight excluding hydrogens is 425 g/mol. The van der Waals surface area contributed by atoms with Crippen molar-refractivity contribution in [3.8, 4) is 27.8 Å². The second-order valence-electron chi connectivity index (χ2n) is 6.21. The smallest absolute Gasteiger partial charge is 0.289 e. The summed E-state index contributed by atoms with van der Waals surface area (Å²) in [5, 5.41) is 2.10. The molecule has 0 saturated carbocycles. The van der Waals surface area contributed by atoms with Gasteiger partial charge in [0.25, 0.3) is 11.8 Å². The van der Waals surface area contributed by atoms with Crippen molar-refractivity contribution in [1.82, 2.24) is 15.8 Å². The second-order valence-corrected chi connectivity index (χ2v) is 7.07. The number of nitrogens with one attached hydrogen (secondary N) is 2. The highest BCUT2D eigenvalue weighted by molar-refractivity contribution is 7.13. The minimum Gasteiger partial charge on any atom is -0.493 e. The quantitative estimate of drug-likeness (QED) is 0.542. The van der Waals surface area contributed by atoms with Crippen LogP contribution in [-0.2, 0) is 4.79 Å². The van der Waals surface area contributed by atoms with Crippen molar-refractivity contribution in [2.75, 3.05) is 14.2 Å². The number of thiazole rings is 1. The average molecular weight is 445 g/mol. The lowest BCUT2D eigenvalue weighted by Gasteiger charge is -2.15. The molecule has 0 fully saturated rings. The van der Waals surface area contributed by atoms with E-state index in [1.165, 1.54) is 50.7 Å². The highest BCUT2D eigenvalue weighted by Crippen LogP contribution is 2.38. The van der Waals surface area contributed by atoms with E-state index < -0.39 is 23.7 Å². The number of halogens is 1. The van der Waals surface area contributed by atoms with Crippen LogP contribution in [0.2, 0.25) is 0 Å². The van der Waals surface area contributed by atoms with E-state index in [1.807, 2.05) is 0 Å². The van der Waals surface area contributed by atoms with E-state index in [2.05, 4.69) is 15.8 Å². The van der Waals surface area contributed by atoms with Crippen molar-refractivity contribution < 1.29 is 28.2 Å². The van der Waals surface area contributed by atoms with Crippen molar-refractivity contribution in [2.24, 2.45) is 0 Å². The highest BCUT2D eigenvalue weighted by atomic mass is 32.1. The molecule has 1 aromatic heterocycles. The van der Waals surface area contributed by atoms with Gasteiger partial charge in [-0.25, -0.2) is 9.37 Å². The van der Waals surface area contributed by atoms with Crippen LogP contribution in [-0.4, -0.2) is 37.1 Å². The summed E-state index contributed by atoms with van der Waals surface area (Å²) >= 11 is 1.24. The molecule has 162 valence electrons. The predicted octanol–water partition coefficient (Wildman–Crippen LogP) is 3.19. The van der Waals surface area contributed by atoms with Gasteiger partial charge in [0.2, 0.25) is 0 Å². The topological polar surface area (TPSA) is 98.8 Å². The summed E-state index contributed by atoms with van der Waals surface area (Å²) < 4.78 is 29.6. The summed E-state index contributed by atoms with van der Waals surface area (Å²) in [5.74, 6) is -0.879. The maximum atomic E-state index is 13.6. The third kappa shape index (κ3) is 5.10. The zero-order chi connectivity index (χ0) is 22.4. The first kappa shape index (κ1) is 22.0. The fraction of sp³-hybridized carbons (Fsp3) is 0.190. The number of hydrazine groups is 1. The molecule has 10 heteroatoms. The van der Waals surface area contributed by atoms with E-state index in [9.17, 15) is 14.0 Å². The van der Waals surface area contributed by atoms with Gasteiger partial charge in [0, 0.05) is 5.38 Å². The Kier molecular flexibility index (Phi) is 7.03. The number of amides is 2.